The maximum absolute atomic E-state index is 6.03. The van der Waals surface area contributed by atoms with Crippen LogP contribution in [0.5, 0.6) is 5.75 Å². The molecule has 0 amide bonds. The normalized spacial score (nSPS) is 11.0. The van der Waals surface area contributed by atoms with Crippen LogP contribution in [0.4, 0.5) is 5.69 Å². The second-order valence-electron chi connectivity index (χ2n) is 4.64. The minimum atomic E-state index is 0.617. The first kappa shape index (κ1) is 14.6. The lowest BCUT2D eigenvalue weighted by molar-refractivity contribution is 0.340. The molecule has 0 N–H and O–H groups in total. The third-order valence-corrected chi connectivity index (χ3v) is 3.35. The largest absolute Gasteiger partial charge is 0.493 e. The zero-order valence-electron chi connectivity index (χ0n) is 12.0. The third-order valence-electron chi connectivity index (χ3n) is 3.11. The van der Waals surface area contributed by atoms with Crippen molar-refractivity contribution in [3.63, 3.8) is 0 Å². The molecular formula is C17H18ClNO. The summed E-state index contributed by atoms with van der Waals surface area (Å²) in [7, 11) is 0. The van der Waals surface area contributed by atoms with Gasteiger partial charge in [0.2, 0.25) is 0 Å². The Morgan fingerprint density at radius 1 is 1.10 bits per heavy atom. The van der Waals surface area contributed by atoms with Gasteiger partial charge in [-0.2, -0.15) is 0 Å². The van der Waals surface area contributed by atoms with Gasteiger partial charge in [-0.15, -0.1) is 0 Å². The molecule has 2 rings (SSSR count). The van der Waals surface area contributed by atoms with E-state index in [-0.39, 0.29) is 0 Å². The van der Waals surface area contributed by atoms with Crippen LogP contribution in [0.3, 0.4) is 0 Å². The lowest BCUT2D eigenvalue weighted by atomic mass is 10.1. The molecule has 104 valence electrons. The first-order valence-electron chi connectivity index (χ1n) is 6.64. The number of ether oxygens (including phenoxy) is 1. The molecule has 0 aromatic heterocycles. The van der Waals surface area contributed by atoms with Crippen molar-refractivity contribution in [3.05, 3.63) is 58.1 Å². The number of hydrogen-bond donors (Lipinski definition) is 0. The van der Waals surface area contributed by atoms with Crippen molar-refractivity contribution in [2.24, 2.45) is 4.99 Å². The summed E-state index contributed by atoms with van der Waals surface area (Å²) < 4.78 is 5.57. The predicted octanol–water partition coefficient (Wildman–Crippen LogP) is 5.11. The maximum Gasteiger partial charge on any atom is 0.128 e. The third kappa shape index (κ3) is 3.61. The fourth-order valence-electron chi connectivity index (χ4n) is 1.86. The standard InChI is InChI=1S/C17H18ClNO/c1-4-20-17-8-6-15(18)10-14(17)11-19-16-7-5-12(2)13(3)9-16/h5-11H,4H2,1-3H3. The Hall–Kier alpha value is -1.80. The average molecular weight is 288 g/mol. The predicted molar refractivity (Wildman–Crippen MR) is 85.8 cm³/mol. The molecule has 2 aromatic carbocycles. The number of nitrogens with zero attached hydrogens (tertiary/aromatic N) is 1. The van der Waals surface area contributed by atoms with E-state index in [0.29, 0.717) is 11.6 Å². The van der Waals surface area contributed by atoms with Crippen LogP contribution in [-0.4, -0.2) is 12.8 Å². The van der Waals surface area contributed by atoms with Crippen molar-refractivity contribution in [2.45, 2.75) is 20.8 Å². The van der Waals surface area contributed by atoms with Crippen molar-refractivity contribution >= 4 is 23.5 Å². The molecule has 0 atom stereocenters. The number of halogens is 1. The fourth-order valence-corrected chi connectivity index (χ4v) is 2.04. The van der Waals surface area contributed by atoms with Gasteiger partial charge in [0.25, 0.3) is 0 Å². The highest BCUT2D eigenvalue weighted by atomic mass is 35.5. The molecular weight excluding hydrogens is 270 g/mol. The number of aliphatic imine (C=N–C) groups is 1. The lowest BCUT2D eigenvalue weighted by Crippen LogP contribution is -1.95. The highest BCUT2D eigenvalue weighted by Gasteiger charge is 2.02. The molecule has 0 spiro atoms. The summed E-state index contributed by atoms with van der Waals surface area (Å²) in [5, 5.41) is 0.676. The molecule has 0 saturated heterocycles. The smallest absolute Gasteiger partial charge is 0.128 e. The van der Waals surface area contributed by atoms with Gasteiger partial charge in [-0.05, 0) is 62.2 Å². The Bertz CT molecular complexity index is 635. The Balaban J connectivity index is 2.30. The summed E-state index contributed by atoms with van der Waals surface area (Å²) in [6, 6.07) is 11.7. The van der Waals surface area contributed by atoms with Gasteiger partial charge in [-0.3, -0.25) is 4.99 Å². The minimum Gasteiger partial charge on any atom is -0.493 e. The Kier molecular flexibility index (Phi) is 4.80. The lowest BCUT2D eigenvalue weighted by Gasteiger charge is -2.07. The van der Waals surface area contributed by atoms with Crippen LogP contribution in [0.2, 0.25) is 5.02 Å². The first-order valence-corrected chi connectivity index (χ1v) is 7.01. The van der Waals surface area contributed by atoms with Gasteiger partial charge in [-0.1, -0.05) is 17.7 Å². The quantitative estimate of drug-likeness (QED) is 0.716. The van der Waals surface area contributed by atoms with Gasteiger partial charge >= 0.3 is 0 Å². The van der Waals surface area contributed by atoms with Gasteiger partial charge in [0, 0.05) is 16.8 Å². The molecule has 0 fully saturated rings. The van der Waals surface area contributed by atoms with E-state index in [1.807, 2.05) is 31.2 Å². The zero-order chi connectivity index (χ0) is 14.5. The van der Waals surface area contributed by atoms with Gasteiger partial charge in [0.1, 0.15) is 5.75 Å². The fraction of sp³-hybridized carbons (Fsp3) is 0.235. The Morgan fingerprint density at radius 3 is 2.60 bits per heavy atom. The second-order valence-corrected chi connectivity index (χ2v) is 5.08. The summed E-state index contributed by atoms with van der Waals surface area (Å²) in [6.45, 7) is 6.75. The van der Waals surface area contributed by atoms with E-state index < -0.39 is 0 Å². The minimum absolute atomic E-state index is 0.617. The van der Waals surface area contributed by atoms with Gasteiger partial charge in [0.05, 0.1) is 12.3 Å². The molecule has 3 heteroatoms. The van der Waals surface area contributed by atoms with Crippen molar-refractivity contribution in [1.82, 2.24) is 0 Å². The average Bonchev–Trinajstić information content (AvgIpc) is 2.43. The van der Waals surface area contributed by atoms with Gasteiger partial charge < -0.3 is 4.74 Å². The summed E-state index contributed by atoms with van der Waals surface area (Å²) >= 11 is 6.03. The molecule has 20 heavy (non-hydrogen) atoms. The van der Waals surface area contributed by atoms with Crippen molar-refractivity contribution in [3.8, 4) is 5.75 Å². The topological polar surface area (TPSA) is 21.6 Å². The molecule has 0 heterocycles. The summed E-state index contributed by atoms with van der Waals surface area (Å²) in [4.78, 5) is 4.50. The van der Waals surface area contributed by atoms with Crippen molar-refractivity contribution in [1.29, 1.82) is 0 Å². The summed E-state index contributed by atoms with van der Waals surface area (Å²) in [6.07, 6.45) is 1.79. The van der Waals surface area contributed by atoms with E-state index in [2.05, 4.69) is 31.0 Å². The van der Waals surface area contributed by atoms with E-state index in [4.69, 9.17) is 16.3 Å². The van der Waals surface area contributed by atoms with Crippen LogP contribution in [-0.2, 0) is 0 Å². The van der Waals surface area contributed by atoms with E-state index in [1.165, 1.54) is 11.1 Å². The van der Waals surface area contributed by atoms with Crippen molar-refractivity contribution < 1.29 is 4.74 Å². The first-order chi connectivity index (χ1) is 9.60. The summed E-state index contributed by atoms with van der Waals surface area (Å²) in [5.41, 5.74) is 4.31. The SMILES string of the molecule is CCOc1ccc(Cl)cc1C=Nc1ccc(C)c(C)c1. The maximum atomic E-state index is 6.03. The number of rotatable bonds is 4. The second kappa shape index (κ2) is 6.58. The molecule has 0 radical (unpaired) electrons. The number of benzene rings is 2. The van der Waals surface area contributed by atoms with Crippen LogP contribution >= 0.6 is 11.6 Å². The molecule has 0 unspecified atom stereocenters. The van der Waals surface area contributed by atoms with E-state index in [1.54, 1.807) is 6.21 Å². The number of hydrogen-bond acceptors (Lipinski definition) is 2. The summed E-state index contributed by atoms with van der Waals surface area (Å²) in [5.74, 6) is 0.796. The molecule has 0 saturated carbocycles. The van der Waals surface area contributed by atoms with Crippen molar-refractivity contribution in [2.75, 3.05) is 6.61 Å². The van der Waals surface area contributed by atoms with Crippen LogP contribution in [0, 0.1) is 13.8 Å². The molecule has 0 aliphatic carbocycles. The van der Waals surface area contributed by atoms with Crippen LogP contribution < -0.4 is 4.74 Å². The molecule has 0 aliphatic heterocycles. The highest BCUT2D eigenvalue weighted by molar-refractivity contribution is 6.30. The van der Waals surface area contributed by atoms with Crippen LogP contribution in [0.25, 0.3) is 0 Å². The van der Waals surface area contributed by atoms with Crippen LogP contribution in [0.15, 0.2) is 41.4 Å². The van der Waals surface area contributed by atoms with Crippen LogP contribution in [0.1, 0.15) is 23.6 Å². The molecule has 2 aromatic rings. The zero-order valence-corrected chi connectivity index (χ0v) is 12.7. The highest BCUT2D eigenvalue weighted by Crippen LogP contribution is 2.23. The van der Waals surface area contributed by atoms with E-state index in [9.17, 15) is 0 Å². The van der Waals surface area contributed by atoms with E-state index >= 15 is 0 Å². The number of aryl methyl sites for hydroxylation is 2. The van der Waals surface area contributed by atoms with Gasteiger partial charge in [0.15, 0.2) is 0 Å². The molecule has 2 nitrogen and oxygen atoms in total. The molecule has 0 bridgehead atoms. The van der Waals surface area contributed by atoms with Gasteiger partial charge in [-0.25, -0.2) is 0 Å². The Labute approximate surface area is 125 Å². The Morgan fingerprint density at radius 2 is 1.90 bits per heavy atom. The monoisotopic (exact) mass is 287 g/mol. The van der Waals surface area contributed by atoms with E-state index in [0.717, 1.165) is 17.0 Å². The molecule has 0 aliphatic rings.